The van der Waals surface area contributed by atoms with Gasteiger partial charge in [-0.2, -0.15) is 0 Å². The highest BCUT2D eigenvalue weighted by Crippen LogP contribution is 2.33. The maximum atomic E-state index is 12.3. The number of nitrogens with one attached hydrogen (secondary N) is 1. The highest BCUT2D eigenvalue weighted by molar-refractivity contribution is 7.92. The van der Waals surface area contributed by atoms with E-state index in [0.29, 0.717) is 11.4 Å². The van der Waals surface area contributed by atoms with Gasteiger partial charge in [0.15, 0.2) is 0 Å². The van der Waals surface area contributed by atoms with Crippen LogP contribution in [0.3, 0.4) is 0 Å². The molecule has 0 aliphatic heterocycles. The van der Waals surface area contributed by atoms with Gasteiger partial charge in [-0.25, -0.2) is 8.42 Å². The Morgan fingerprint density at radius 3 is 2.60 bits per heavy atom. The van der Waals surface area contributed by atoms with Gasteiger partial charge < -0.3 is 5.73 Å². The molecule has 8 heteroatoms. The standard InChI is InChI=1S/C12H11Cl2N3O2S/c1-7-6-8(4-5-16-7)17-20(18,19)10-3-2-9(13)12(15)11(10)14/h2-6H,15H2,1H3,(H,16,17). The number of pyridine rings is 1. The molecule has 0 aliphatic rings. The van der Waals surface area contributed by atoms with Crippen molar-refractivity contribution in [2.24, 2.45) is 0 Å². The third-order valence-electron chi connectivity index (χ3n) is 2.53. The van der Waals surface area contributed by atoms with Gasteiger partial charge in [0.25, 0.3) is 10.0 Å². The highest BCUT2D eigenvalue weighted by Gasteiger charge is 2.20. The summed E-state index contributed by atoms with van der Waals surface area (Å²) in [7, 11) is -3.85. The van der Waals surface area contributed by atoms with Crippen molar-refractivity contribution in [2.45, 2.75) is 11.8 Å². The van der Waals surface area contributed by atoms with E-state index in [1.165, 1.54) is 24.4 Å². The molecule has 0 spiro atoms. The minimum Gasteiger partial charge on any atom is -0.396 e. The molecule has 5 nitrogen and oxygen atoms in total. The fourth-order valence-electron chi connectivity index (χ4n) is 1.58. The molecule has 0 saturated carbocycles. The van der Waals surface area contributed by atoms with Crippen molar-refractivity contribution in [3.8, 4) is 0 Å². The van der Waals surface area contributed by atoms with Gasteiger partial charge in [-0.3, -0.25) is 9.71 Å². The Labute approximate surface area is 126 Å². The van der Waals surface area contributed by atoms with E-state index < -0.39 is 10.0 Å². The lowest BCUT2D eigenvalue weighted by Gasteiger charge is -2.11. The zero-order chi connectivity index (χ0) is 14.9. The molecule has 0 aliphatic carbocycles. The fourth-order valence-corrected chi connectivity index (χ4v) is 3.39. The van der Waals surface area contributed by atoms with Crippen molar-refractivity contribution >= 4 is 44.6 Å². The molecular weight excluding hydrogens is 321 g/mol. The van der Waals surface area contributed by atoms with E-state index in [1.54, 1.807) is 13.0 Å². The summed E-state index contributed by atoms with van der Waals surface area (Å²) in [6.45, 7) is 1.76. The summed E-state index contributed by atoms with van der Waals surface area (Å²) in [4.78, 5) is 3.86. The summed E-state index contributed by atoms with van der Waals surface area (Å²) in [5, 5.41) is 0.101. The summed E-state index contributed by atoms with van der Waals surface area (Å²) in [6.07, 6.45) is 1.50. The second-order valence-electron chi connectivity index (χ2n) is 4.06. The van der Waals surface area contributed by atoms with Gasteiger partial charge in [0.2, 0.25) is 0 Å². The largest absolute Gasteiger partial charge is 0.396 e. The minimum atomic E-state index is -3.85. The van der Waals surface area contributed by atoms with Gasteiger partial charge in [-0.15, -0.1) is 0 Å². The zero-order valence-corrected chi connectivity index (χ0v) is 12.7. The fraction of sp³-hybridized carbons (Fsp3) is 0.0833. The molecule has 0 amide bonds. The molecule has 0 atom stereocenters. The predicted molar refractivity (Wildman–Crippen MR) is 80.7 cm³/mol. The van der Waals surface area contributed by atoms with E-state index in [-0.39, 0.29) is 20.6 Å². The van der Waals surface area contributed by atoms with E-state index >= 15 is 0 Å². The first-order valence-electron chi connectivity index (χ1n) is 5.50. The molecule has 1 aromatic heterocycles. The molecular formula is C12H11Cl2N3O2S. The van der Waals surface area contributed by atoms with Crippen LogP contribution in [0.2, 0.25) is 10.0 Å². The number of sulfonamides is 1. The lowest BCUT2D eigenvalue weighted by atomic mass is 10.3. The van der Waals surface area contributed by atoms with Gasteiger partial charge in [0, 0.05) is 11.9 Å². The molecule has 2 rings (SSSR count). The van der Waals surface area contributed by atoms with Crippen LogP contribution in [0.1, 0.15) is 5.69 Å². The average Bonchev–Trinajstić information content (AvgIpc) is 2.35. The Hall–Kier alpha value is -1.50. The Balaban J connectivity index is 2.44. The summed E-state index contributed by atoms with van der Waals surface area (Å²) in [5.74, 6) is 0. The summed E-state index contributed by atoms with van der Waals surface area (Å²) < 4.78 is 27.0. The van der Waals surface area contributed by atoms with Crippen LogP contribution in [0.25, 0.3) is 0 Å². The van der Waals surface area contributed by atoms with Crippen molar-refractivity contribution < 1.29 is 8.42 Å². The van der Waals surface area contributed by atoms with Gasteiger partial charge in [-0.05, 0) is 31.2 Å². The van der Waals surface area contributed by atoms with Gasteiger partial charge in [-0.1, -0.05) is 23.2 Å². The van der Waals surface area contributed by atoms with Crippen molar-refractivity contribution in [2.75, 3.05) is 10.5 Å². The van der Waals surface area contributed by atoms with Gasteiger partial charge in [0.1, 0.15) is 4.90 Å². The van der Waals surface area contributed by atoms with Crippen LogP contribution in [0.4, 0.5) is 11.4 Å². The number of nitrogens with zero attached hydrogens (tertiary/aromatic N) is 1. The van der Waals surface area contributed by atoms with Crippen LogP contribution in [0.15, 0.2) is 35.4 Å². The van der Waals surface area contributed by atoms with Crippen LogP contribution in [-0.2, 0) is 10.0 Å². The molecule has 0 saturated heterocycles. The summed E-state index contributed by atoms with van der Waals surface area (Å²) >= 11 is 11.7. The molecule has 1 aromatic carbocycles. The maximum Gasteiger partial charge on any atom is 0.263 e. The molecule has 2 aromatic rings. The third-order valence-corrected chi connectivity index (χ3v) is 4.80. The van der Waals surface area contributed by atoms with E-state index in [0.717, 1.165) is 0 Å². The van der Waals surface area contributed by atoms with Crippen LogP contribution < -0.4 is 10.5 Å². The second kappa shape index (κ2) is 5.47. The Morgan fingerprint density at radius 1 is 1.25 bits per heavy atom. The smallest absolute Gasteiger partial charge is 0.263 e. The number of anilines is 2. The topological polar surface area (TPSA) is 85.1 Å². The lowest BCUT2D eigenvalue weighted by molar-refractivity contribution is 0.601. The Morgan fingerprint density at radius 2 is 1.95 bits per heavy atom. The molecule has 0 radical (unpaired) electrons. The van der Waals surface area contributed by atoms with Crippen molar-refractivity contribution in [1.29, 1.82) is 0 Å². The van der Waals surface area contributed by atoms with Crippen LogP contribution in [-0.4, -0.2) is 13.4 Å². The first-order valence-corrected chi connectivity index (χ1v) is 7.74. The van der Waals surface area contributed by atoms with Crippen molar-refractivity contribution in [3.63, 3.8) is 0 Å². The number of nitrogens with two attached hydrogens (primary N) is 1. The van der Waals surface area contributed by atoms with Crippen molar-refractivity contribution in [3.05, 3.63) is 46.2 Å². The number of benzene rings is 1. The number of halogens is 2. The number of aromatic nitrogens is 1. The first-order chi connectivity index (χ1) is 9.31. The van der Waals surface area contributed by atoms with Gasteiger partial charge in [0.05, 0.1) is 21.4 Å². The Bertz CT molecular complexity index is 763. The summed E-state index contributed by atoms with van der Waals surface area (Å²) in [6, 6.07) is 5.83. The molecule has 0 bridgehead atoms. The maximum absolute atomic E-state index is 12.3. The number of rotatable bonds is 3. The zero-order valence-electron chi connectivity index (χ0n) is 10.4. The lowest BCUT2D eigenvalue weighted by Crippen LogP contribution is -2.14. The molecule has 106 valence electrons. The van der Waals surface area contributed by atoms with E-state index in [2.05, 4.69) is 9.71 Å². The number of aryl methyl sites for hydroxylation is 1. The monoisotopic (exact) mass is 331 g/mol. The predicted octanol–water partition coefficient (Wildman–Crippen LogP) is 3.08. The normalized spacial score (nSPS) is 11.3. The molecule has 0 unspecified atom stereocenters. The van der Waals surface area contributed by atoms with Crippen LogP contribution in [0, 0.1) is 6.92 Å². The molecule has 1 heterocycles. The van der Waals surface area contributed by atoms with Crippen LogP contribution >= 0.6 is 23.2 Å². The van der Waals surface area contributed by atoms with Gasteiger partial charge >= 0.3 is 0 Å². The first kappa shape index (κ1) is 14.9. The Kier molecular flexibility index (Phi) is 4.08. The quantitative estimate of drug-likeness (QED) is 0.846. The third kappa shape index (κ3) is 2.98. The second-order valence-corrected chi connectivity index (χ2v) is 6.50. The molecule has 20 heavy (non-hydrogen) atoms. The minimum absolute atomic E-state index is 0.0297. The average molecular weight is 332 g/mol. The number of nitrogen functional groups attached to an aromatic ring is 1. The van der Waals surface area contributed by atoms with Crippen molar-refractivity contribution in [1.82, 2.24) is 4.98 Å². The molecule has 3 N–H and O–H groups in total. The van der Waals surface area contributed by atoms with Crippen LogP contribution in [0.5, 0.6) is 0 Å². The SMILES string of the molecule is Cc1cc(NS(=O)(=O)c2ccc(Cl)c(N)c2Cl)ccn1. The van der Waals surface area contributed by atoms with E-state index in [9.17, 15) is 8.42 Å². The number of hydrogen-bond donors (Lipinski definition) is 2. The molecule has 0 fully saturated rings. The number of hydrogen-bond acceptors (Lipinski definition) is 4. The van der Waals surface area contributed by atoms with E-state index in [1.807, 2.05) is 0 Å². The summed E-state index contributed by atoms with van der Waals surface area (Å²) in [5.41, 5.74) is 6.74. The van der Waals surface area contributed by atoms with E-state index in [4.69, 9.17) is 28.9 Å². The highest BCUT2D eigenvalue weighted by atomic mass is 35.5.